The van der Waals surface area contributed by atoms with Gasteiger partial charge in [-0.15, -0.1) is 0 Å². The number of amides is 2. The van der Waals surface area contributed by atoms with Crippen molar-refractivity contribution in [3.63, 3.8) is 0 Å². The van der Waals surface area contributed by atoms with Gasteiger partial charge < -0.3 is 4.74 Å². The highest BCUT2D eigenvalue weighted by atomic mass is 16.6. The SMILES string of the molecule is O=C1OC[C@H](Cc2ccccc2)N1C(=O)c1ccccc1. The molecule has 2 aromatic rings. The summed E-state index contributed by atoms with van der Waals surface area (Å²) in [5.74, 6) is -0.306. The Balaban J connectivity index is 1.81. The maximum absolute atomic E-state index is 12.5. The van der Waals surface area contributed by atoms with E-state index in [1.165, 1.54) is 4.90 Å². The maximum Gasteiger partial charge on any atom is 0.417 e. The molecule has 1 aliphatic heterocycles. The Kier molecular flexibility index (Phi) is 3.69. The fourth-order valence-corrected chi connectivity index (χ4v) is 2.47. The van der Waals surface area contributed by atoms with Gasteiger partial charge in [0.2, 0.25) is 0 Å². The van der Waals surface area contributed by atoms with Crippen molar-refractivity contribution in [1.29, 1.82) is 0 Å². The zero-order valence-corrected chi connectivity index (χ0v) is 11.4. The number of rotatable bonds is 3. The van der Waals surface area contributed by atoms with Crippen molar-refractivity contribution in [3.8, 4) is 0 Å². The van der Waals surface area contributed by atoms with E-state index in [9.17, 15) is 9.59 Å². The minimum absolute atomic E-state index is 0.242. The van der Waals surface area contributed by atoms with E-state index in [1.54, 1.807) is 24.3 Å². The minimum atomic E-state index is -0.565. The molecule has 1 saturated heterocycles. The number of ether oxygens (including phenoxy) is 1. The van der Waals surface area contributed by atoms with Crippen molar-refractivity contribution in [2.75, 3.05) is 6.61 Å². The maximum atomic E-state index is 12.5. The third-order valence-corrected chi connectivity index (χ3v) is 3.51. The molecule has 4 nitrogen and oxygen atoms in total. The molecule has 0 spiro atoms. The first-order valence-corrected chi connectivity index (χ1v) is 6.85. The lowest BCUT2D eigenvalue weighted by Crippen LogP contribution is -2.40. The van der Waals surface area contributed by atoms with Crippen molar-refractivity contribution >= 4 is 12.0 Å². The number of carbonyl (C=O) groups is 2. The van der Waals surface area contributed by atoms with Gasteiger partial charge in [0.25, 0.3) is 5.91 Å². The van der Waals surface area contributed by atoms with Crippen molar-refractivity contribution in [1.82, 2.24) is 4.90 Å². The largest absolute Gasteiger partial charge is 0.447 e. The predicted molar refractivity (Wildman–Crippen MR) is 77.9 cm³/mol. The lowest BCUT2D eigenvalue weighted by Gasteiger charge is -2.19. The van der Waals surface area contributed by atoms with Crippen LogP contribution < -0.4 is 0 Å². The molecule has 3 rings (SSSR count). The van der Waals surface area contributed by atoms with Gasteiger partial charge in [-0.3, -0.25) is 4.79 Å². The quantitative estimate of drug-likeness (QED) is 0.869. The van der Waals surface area contributed by atoms with Gasteiger partial charge in [-0.1, -0.05) is 48.5 Å². The summed E-state index contributed by atoms with van der Waals surface area (Å²) in [6.07, 6.45) is 0.0373. The Morgan fingerprint density at radius 1 is 1.05 bits per heavy atom. The van der Waals surface area contributed by atoms with Gasteiger partial charge in [-0.25, -0.2) is 9.69 Å². The molecule has 0 radical (unpaired) electrons. The highest BCUT2D eigenvalue weighted by Crippen LogP contribution is 2.20. The lowest BCUT2D eigenvalue weighted by molar-refractivity contribution is 0.0774. The normalized spacial score (nSPS) is 17.6. The van der Waals surface area contributed by atoms with E-state index in [4.69, 9.17) is 4.74 Å². The fraction of sp³-hybridized carbons (Fsp3) is 0.176. The second kappa shape index (κ2) is 5.79. The van der Waals surface area contributed by atoms with Gasteiger partial charge >= 0.3 is 6.09 Å². The third kappa shape index (κ3) is 2.79. The van der Waals surface area contributed by atoms with Crippen molar-refractivity contribution in [2.24, 2.45) is 0 Å². The van der Waals surface area contributed by atoms with Gasteiger partial charge in [-0.05, 0) is 24.1 Å². The topological polar surface area (TPSA) is 46.6 Å². The van der Waals surface area contributed by atoms with E-state index >= 15 is 0 Å². The molecule has 0 aliphatic carbocycles. The van der Waals surface area contributed by atoms with Crippen molar-refractivity contribution < 1.29 is 14.3 Å². The molecule has 0 saturated carbocycles. The molecule has 1 aliphatic rings. The molecule has 4 heteroatoms. The van der Waals surface area contributed by atoms with Crippen LogP contribution in [0.1, 0.15) is 15.9 Å². The summed E-state index contributed by atoms with van der Waals surface area (Å²) in [4.78, 5) is 25.6. The zero-order valence-electron chi connectivity index (χ0n) is 11.4. The Bertz CT molecular complexity index is 640. The fourth-order valence-electron chi connectivity index (χ4n) is 2.47. The van der Waals surface area contributed by atoms with E-state index in [2.05, 4.69) is 0 Å². The summed E-state index contributed by atoms with van der Waals surface area (Å²) >= 11 is 0. The molecule has 2 amide bonds. The Hall–Kier alpha value is -2.62. The van der Waals surface area contributed by atoms with Crippen LogP contribution >= 0.6 is 0 Å². The first kappa shape index (κ1) is 13.4. The molecule has 0 N–H and O–H groups in total. The van der Waals surface area contributed by atoms with Crippen LogP contribution in [0.2, 0.25) is 0 Å². The van der Waals surface area contributed by atoms with Gasteiger partial charge in [-0.2, -0.15) is 0 Å². The molecule has 21 heavy (non-hydrogen) atoms. The predicted octanol–water partition coefficient (Wildman–Crippen LogP) is 2.89. The molecule has 1 atom stereocenters. The number of cyclic esters (lactones) is 1. The van der Waals surface area contributed by atoms with E-state index in [0.29, 0.717) is 12.0 Å². The number of benzene rings is 2. The van der Waals surface area contributed by atoms with Crippen LogP contribution in [0.15, 0.2) is 60.7 Å². The van der Waals surface area contributed by atoms with E-state index in [-0.39, 0.29) is 18.6 Å². The standard InChI is InChI=1S/C17H15NO3/c19-16(14-9-5-2-6-10-14)18-15(12-21-17(18)20)11-13-7-3-1-4-8-13/h1-10,15H,11-12H2/t15-/m0/s1. The van der Waals surface area contributed by atoms with Gasteiger partial charge in [0.05, 0.1) is 6.04 Å². The second-order valence-corrected chi connectivity index (χ2v) is 4.96. The molecular weight excluding hydrogens is 266 g/mol. The summed E-state index contributed by atoms with van der Waals surface area (Å²) in [7, 11) is 0. The zero-order chi connectivity index (χ0) is 14.7. The van der Waals surface area contributed by atoms with Crippen LogP contribution in [0.3, 0.4) is 0 Å². The summed E-state index contributed by atoms with van der Waals surface area (Å²) in [5, 5.41) is 0. The van der Waals surface area contributed by atoms with E-state index < -0.39 is 6.09 Å². The number of nitrogens with zero attached hydrogens (tertiary/aromatic N) is 1. The van der Waals surface area contributed by atoms with Crippen LogP contribution in [0, 0.1) is 0 Å². The summed E-state index contributed by atoms with van der Waals surface area (Å²) in [6, 6.07) is 18.3. The first-order chi connectivity index (χ1) is 10.3. The molecule has 0 unspecified atom stereocenters. The number of carbonyl (C=O) groups excluding carboxylic acids is 2. The number of imide groups is 1. The Labute approximate surface area is 123 Å². The van der Waals surface area contributed by atoms with Crippen LogP contribution in [0.4, 0.5) is 4.79 Å². The first-order valence-electron chi connectivity index (χ1n) is 6.85. The van der Waals surface area contributed by atoms with Crippen LogP contribution in [0.5, 0.6) is 0 Å². The Morgan fingerprint density at radius 2 is 1.67 bits per heavy atom. The number of hydrogen-bond acceptors (Lipinski definition) is 3. The van der Waals surface area contributed by atoms with Gasteiger partial charge in [0.1, 0.15) is 6.61 Å². The van der Waals surface area contributed by atoms with Crippen molar-refractivity contribution in [2.45, 2.75) is 12.5 Å². The van der Waals surface area contributed by atoms with Gasteiger partial charge in [0, 0.05) is 5.56 Å². The number of hydrogen-bond donors (Lipinski definition) is 0. The van der Waals surface area contributed by atoms with Crippen LogP contribution in [-0.4, -0.2) is 29.5 Å². The average molecular weight is 281 g/mol. The average Bonchev–Trinajstić information content (AvgIpc) is 2.89. The highest BCUT2D eigenvalue weighted by molar-refractivity contribution is 6.03. The molecule has 0 bridgehead atoms. The smallest absolute Gasteiger partial charge is 0.417 e. The Morgan fingerprint density at radius 3 is 2.33 bits per heavy atom. The van der Waals surface area contributed by atoms with Crippen LogP contribution in [0.25, 0.3) is 0 Å². The molecule has 1 fully saturated rings. The molecule has 0 aromatic heterocycles. The highest BCUT2D eigenvalue weighted by Gasteiger charge is 2.38. The lowest BCUT2D eigenvalue weighted by atomic mass is 10.1. The van der Waals surface area contributed by atoms with Gasteiger partial charge in [0.15, 0.2) is 0 Å². The minimum Gasteiger partial charge on any atom is -0.447 e. The summed E-state index contributed by atoms with van der Waals surface area (Å²) in [6.45, 7) is 0.242. The van der Waals surface area contributed by atoms with E-state index in [0.717, 1.165) is 5.56 Å². The third-order valence-electron chi connectivity index (χ3n) is 3.51. The van der Waals surface area contributed by atoms with Crippen molar-refractivity contribution in [3.05, 3.63) is 71.8 Å². The summed E-state index contributed by atoms with van der Waals surface area (Å²) in [5.41, 5.74) is 1.57. The molecular formula is C17H15NO3. The molecule has 1 heterocycles. The summed E-state index contributed by atoms with van der Waals surface area (Å²) < 4.78 is 5.06. The molecule has 2 aromatic carbocycles. The van der Waals surface area contributed by atoms with Crippen LogP contribution in [-0.2, 0) is 11.2 Å². The second-order valence-electron chi connectivity index (χ2n) is 4.96. The van der Waals surface area contributed by atoms with E-state index in [1.807, 2.05) is 36.4 Å². The molecule has 106 valence electrons. The monoisotopic (exact) mass is 281 g/mol.